The molecule has 0 amide bonds. The van der Waals surface area contributed by atoms with Gasteiger partial charge in [0.05, 0.1) is 19.7 Å². The van der Waals surface area contributed by atoms with Gasteiger partial charge in [-0.25, -0.2) is 0 Å². The second-order valence-corrected chi connectivity index (χ2v) is 5.30. The molecule has 1 fully saturated rings. The van der Waals surface area contributed by atoms with Crippen LogP contribution in [0.25, 0.3) is 0 Å². The van der Waals surface area contributed by atoms with Crippen molar-refractivity contribution in [3.8, 4) is 5.75 Å². The van der Waals surface area contributed by atoms with Crippen LogP contribution in [0.15, 0.2) is 18.2 Å². The van der Waals surface area contributed by atoms with Crippen LogP contribution in [0.5, 0.6) is 5.75 Å². The molecule has 1 aromatic carbocycles. The van der Waals surface area contributed by atoms with Crippen LogP contribution in [0.4, 0.5) is 5.69 Å². The van der Waals surface area contributed by atoms with Crippen molar-refractivity contribution in [3.63, 3.8) is 0 Å². The Morgan fingerprint density at radius 3 is 3.00 bits per heavy atom. The van der Waals surface area contributed by atoms with E-state index < -0.39 is 0 Å². The van der Waals surface area contributed by atoms with Crippen LogP contribution in [0.2, 0.25) is 0 Å². The topological polar surface area (TPSA) is 29.1 Å². The highest BCUT2D eigenvalue weighted by atomic mass is 16.5. The largest absolute Gasteiger partial charge is 0.497 e. The zero-order chi connectivity index (χ0) is 12.0. The molecule has 3 heteroatoms. The van der Waals surface area contributed by atoms with Gasteiger partial charge in [-0.2, -0.15) is 0 Å². The number of piperidine rings is 1. The van der Waals surface area contributed by atoms with Gasteiger partial charge in [-0.3, -0.25) is 0 Å². The third kappa shape index (κ3) is 1.53. The predicted molar refractivity (Wildman–Crippen MR) is 68.8 cm³/mol. The number of hydrogen-bond acceptors (Lipinski definition) is 2. The van der Waals surface area contributed by atoms with E-state index in [0.29, 0.717) is 18.0 Å². The molecule has 0 aliphatic carbocycles. The number of rotatable bonds is 1. The average molecular weight is 233 g/mol. The number of nitrogens with two attached hydrogens (primary N) is 1. The highest BCUT2D eigenvalue weighted by Gasteiger charge is 2.43. The van der Waals surface area contributed by atoms with Gasteiger partial charge in [-0.1, -0.05) is 6.07 Å². The van der Waals surface area contributed by atoms with Crippen molar-refractivity contribution in [1.29, 1.82) is 0 Å². The molecule has 0 bridgehead atoms. The van der Waals surface area contributed by atoms with E-state index in [0.717, 1.165) is 5.75 Å². The number of ether oxygens (including phenoxy) is 1. The summed E-state index contributed by atoms with van der Waals surface area (Å²) in [5, 5.41) is 2.47. The maximum Gasteiger partial charge on any atom is 0.120 e. The van der Waals surface area contributed by atoms with Gasteiger partial charge in [0, 0.05) is 31.1 Å². The molecular formula is C14H21N2O+. The van der Waals surface area contributed by atoms with Crippen LogP contribution in [0.1, 0.15) is 24.8 Å². The summed E-state index contributed by atoms with van der Waals surface area (Å²) in [6.07, 6.45) is 1.29. The Hall–Kier alpha value is -1.22. The van der Waals surface area contributed by atoms with Gasteiger partial charge >= 0.3 is 0 Å². The number of methoxy groups -OCH3 is 1. The zero-order valence-corrected chi connectivity index (χ0v) is 10.8. The molecule has 1 aromatic rings. The van der Waals surface area contributed by atoms with Crippen molar-refractivity contribution >= 4 is 5.69 Å². The lowest BCUT2D eigenvalue weighted by atomic mass is 9.85. The van der Waals surface area contributed by atoms with E-state index >= 15 is 0 Å². The van der Waals surface area contributed by atoms with Crippen molar-refractivity contribution in [3.05, 3.63) is 23.8 Å². The van der Waals surface area contributed by atoms with Crippen molar-refractivity contribution in [1.82, 2.24) is 0 Å². The summed E-state index contributed by atoms with van der Waals surface area (Å²) in [5.41, 5.74) is 2.87. The molecule has 3 nitrogen and oxygen atoms in total. The zero-order valence-electron chi connectivity index (χ0n) is 10.8. The number of hydrogen-bond donors (Lipinski definition) is 1. The Labute approximate surface area is 103 Å². The predicted octanol–water partition coefficient (Wildman–Crippen LogP) is 0.953. The molecule has 2 N–H and O–H groups in total. The lowest BCUT2D eigenvalue weighted by Gasteiger charge is -2.34. The SMILES string of the molecule is COc1ccc2c(c1)N(C)[C@H]1[C@@H]2CC[NH2+][C@@H]1C. The number of likely N-dealkylation sites (N-methyl/N-ethyl adjacent to an activating group) is 1. The highest BCUT2D eigenvalue weighted by Crippen LogP contribution is 2.44. The van der Waals surface area contributed by atoms with E-state index in [1.807, 2.05) is 0 Å². The van der Waals surface area contributed by atoms with Gasteiger partial charge in [0.2, 0.25) is 0 Å². The minimum absolute atomic E-state index is 0.644. The van der Waals surface area contributed by atoms with Crippen LogP contribution >= 0.6 is 0 Å². The third-order valence-corrected chi connectivity index (χ3v) is 4.43. The van der Waals surface area contributed by atoms with Crippen LogP contribution < -0.4 is 15.0 Å². The Balaban J connectivity index is 2.04. The minimum Gasteiger partial charge on any atom is -0.497 e. The Kier molecular flexibility index (Phi) is 2.51. The molecular weight excluding hydrogens is 212 g/mol. The number of nitrogens with zero attached hydrogens (tertiary/aromatic N) is 1. The first-order chi connectivity index (χ1) is 8.22. The first kappa shape index (κ1) is 10.9. The second kappa shape index (κ2) is 3.91. The van der Waals surface area contributed by atoms with E-state index in [9.17, 15) is 0 Å². The lowest BCUT2D eigenvalue weighted by Crippen LogP contribution is -2.94. The molecule has 0 spiro atoms. The second-order valence-electron chi connectivity index (χ2n) is 5.30. The molecule has 2 aliphatic heterocycles. The van der Waals surface area contributed by atoms with Crippen LogP contribution in [0, 0.1) is 0 Å². The van der Waals surface area contributed by atoms with E-state index in [4.69, 9.17) is 4.74 Å². The van der Waals surface area contributed by atoms with Gasteiger partial charge in [-0.15, -0.1) is 0 Å². The molecule has 1 saturated heterocycles. The monoisotopic (exact) mass is 233 g/mol. The fourth-order valence-electron chi connectivity index (χ4n) is 3.61. The van der Waals surface area contributed by atoms with Crippen molar-refractivity contribution in [2.45, 2.75) is 31.3 Å². The van der Waals surface area contributed by atoms with Crippen LogP contribution in [0.3, 0.4) is 0 Å². The summed E-state index contributed by atoms with van der Waals surface area (Å²) in [7, 11) is 3.96. The summed E-state index contributed by atoms with van der Waals surface area (Å²) in [6, 6.07) is 7.86. The standard InChI is InChI=1S/C14H20N2O/c1-9-14-12(6-7-15-9)11-5-4-10(17-3)8-13(11)16(14)2/h4-5,8-9,12,14-15H,6-7H2,1-3H3/p+1/t9-,12-,14-/m1/s1. The fourth-order valence-corrected chi connectivity index (χ4v) is 3.61. The number of anilines is 1. The summed E-state index contributed by atoms with van der Waals surface area (Å²) < 4.78 is 5.33. The molecule has 17 heavy (non-hydrogen) atoms. The Bertz CT molecular complexity index is 432. The van der Waals surface area contributed by atoms with Crippen molar-refractivity contribution < 1.29 is 10.1 Å². The van der Waals surface area contributed by atoms with E-state index in [2.05, 4.69) is 42.4 Å². The summed E-state index contributed by atoms with van der Waals surface area (Å²) in [4.78, 5) is 2.45. The third-order valence-electron chi connectivity index (χ3n) is 4.43. The van der Waals surface area contributed by atoms with E-state index in [1.54, 1.807) is 7.11 Å². The van der Waals surface area contributed by atoms with E-state index in [1.165, 1.54) is 24.2 Å². The summed E-state index contributed by atoms with van der Waals surface area (Å²) in [6.45, 7) is 3.60. The summed E-state index contributed by atoms with van der Waals surface area (Å²) >= 11 is 0. The van der Waals surface area contributed by atoms with Crippen LogP contribution in [-0.4, -0.2) is 32.8 Å². The average Bonchev–Trinajstić information content (AvgIpc) is 2.64. The first-order valence-electron chi connectivity index (χ1n) is 6.46. The number of benzene rings is 1. The normalized spacial score (nSPS) is 31.0. The van der Waals surface area contributed by atoms with Crippen molar-refractivity contribution in [2.75, 3.05) is 25.6 Å². The Morgan fingerprint density at radius 2 is 2.24 bits per heavy atom. The quantitative estimate of drug-likeness (QED) is 0.782. The molecule has 2 heterocycles. The smallest absolute Gasteiger partial charge is 0.120 e. The van der Waals surface area contributed by atoms with Gasteiger partial charge in [0.25, 0.3) is 0 Å². The minimum atomic E-state index is 0.644. The number of quaternary nitrogens is 1. The molecule has 3 atom stereocenters. The van der Waals surface area contributed by atoms with Crippen LogP contribution in [-0.2, 0) is 0 Å². The molecule has 2 aliphatic rings. The summed E-state index contributed by atoms with van der Waals surface area (Å²) in [5.74, 6) is 1.67. The highest BCUT2D eigenvalue weighted by molar-refractivity contribution is 5.64. The molecule has 0 aromatic heterocycles. The fraction of sp³-hybridized carbons (Fsp3) is 0.571. The molecule has 0 unspecified atom stereocenters. The lowest BCUT2D eigenvalue weighted by molar-refractivity contribution is -0.696. The maximum atomic E-state index is 5.33. The molecule has 0 radical (unpaired) electrons. The number of fused-ring (bicyclic) bond motifs is 3. The van der Waals surface area contributed by atoms with Crippen molar-refractivity contribution in [2.24, 2.45) is 0 Å². The molecule has 3 rings (SSSR count). The van der Waals surface area contributed by atoms with Gasteiger partial charge in [0.15, 0.2) is 0 Å². The van der Waals surface area contributed by atoms with E-state index in [-0.39, 0.29) is 0 Å². The van der Waals surface area contributed by atoms with Gasteiger partial charge < -0.3 is 15.0 Å². The van der Waals surface area contributed by atoms with Gasteiger partial charge in [0.1, 0.15) is 11.8 Å². The van der Waals surface area contributed by atoms with Gasteiger partial charge in [-0.05, 0) is 18.6 Å². The Morgan fingerprint density at radius 1 is 1.41 bits per heavy atom. The first-order valence-corrected chi connectivity index (χ1v) is 6.46. The molecule has 92 valence electrons. The molecule has 0 saturated carbocycles. The maximum absolute atomic E-state index is 5.33.